The molecular formula is C16H26Cl2N2. The first-order valence-corrected chi connectivity index (χ1v) is 8.47. The minimum Gasteiger partial charge on any atom is -0.382 e. The zero-order valence-corrected chi connectivity index (χ0v) is 14.2. The van der Waals surface area contributed by atoms with Crippen LogP contribution in [0.25, 0.3) is 0 Å². The van der Waals surface area contributed by atoms with Gasteiger partial charge in [0.25, 0.3) is 0 Å². The van der Waals surface area contributed by atoms with Crippen LogP contribution in [0.5, 0.6) is 0 Å². The zero-order chi connectivity index (χ0) is 14.8. The first kappa shape index (κ1) is 17.6. The molecule has 1 N–H and O–H groups in total. The number of nitrogens with zero attached hydrogens (tertiary/aromatic N) is 1. The average molecular weight is 317 g/mol. The molecule has 1 aromatic heterocycles. The molecule has 0 amide bonds. The van der Waals surface area contributed by atoms with E-state index in [1.165, 1.54) is 51.4 Å². The first-order valence-electron chi connectivity index (χ1n) is 7.71. The fourth-order valence-electron chi connectivity index (χ4n) is 2.28. The highest BCUT2D eigenvalue weighted by Gasteiger charge is 2.06. The van der Waals surface area contributed by atoms with Crippen LogP contribution >= 0.6 is 23.2 Å². The third-order valence-electron chi connectivity index (χ3n) is 3.47. The molecule has 1 heterocycles. The summed E-state index contributed by atoms with van der Waals surface area (Å²) in [7, 11) is 0. The highest BCUT2D eigenvalue weighted by molar-refractivity contribution is 6.34. The molecule has 0 saturated heterocycles. The number of pyridine rings is 1. The second-order valence-electron chi connectivity index (χ2n) is 5.33. The van der Waals surface area contributed by atoms with Crippen LogP contribution in [0.1, 0.15) is 63.9 Å². The van der Waals surface area contributed by atoms with Crippen molar-refractivity contribution in [3.63, 3.8) is 0 Å². The summed E-state index contributed by atoms with van der Waals surface area (Å²) in [5.74, 6) is 0. The van der Waals surface area contributed by atoms with E-state index in [9.17, 15) is 0 Å². The lowest BCUT2D eigenvalue weighted by molar-refractivity contribution is 0.581. The highest BCUT2D eigenvalue weighted by Crippen LogP contribution is 2.26. The number of nitrogens with one attached hydrogen (secondary N) is 1. The Morgan fingerprint density at radius 1 is 1.00 bits per heavy atom. The van der Waals surface area contributed by atoms with Crippen molar-refractivity contribution in [1.29, 1.82) is 0 Å². The van der Waals surface area contributed by atoms with Crippen molar-refractivity contribution in [1.82, 2.24) is 4.98 Å². The van der Waals surface area contributed by atoms with Gasteiger partial charge in [0.15, 0.2) is 5.15 Å². The molecule has 0 aromatic carbocycles. The number of hydrogen-bond acceptors (Lipinski definition) is 2. The summed E-state index contributed by atoms with van der Waals surface area (Å²) in [5.41, 5.74) is 1.97. The molecular weight excluding hydrogens is 291 g/mol. The maximum Gasteiger partial charge on any atom is 0.154 e. The fourth-order valence-corrected chi connectivity index (χ4v) is 2.88. The zero-order valence-electron chi connectivity index (χ0n) is 12.6. The molecule has 1 aromatic rings. The van der Waals surface area contributed by atoms with Crippen LogP contribution < -0.4 is 5.32 Å². The molecule has 1 rings (SSSR count). The SMILES string of the molecule is CCCCCCCCCCNc1c(C)cc(Cl)nc1Cl. The molecule has 20 heavy (non-hydrogen) atoms. The van der Waals surface area contributed by atoms with Crippen LogP contribution in [0.2, 0.25) is 10.3 Å². The van der Waals surface area contributed by atoms with E-state index in [1.54, 1.807) is 0 Å². The van der Waals surface area contributed by atoms with Gasteiger partial charge in [0.05, 0.1) is 5.69 Å². The Morgan fingerprint density at radius 2 is 1.60 bits per heavy atom. The van der Waals surface area contributed by atoms with Crippen LogP contribution in [0.15, 0.2) is 6.07 Å². The van der Waals surface area contributed by atoms with E-state index in [1.807, 2.05) is 13.0 Å². The van der Waals surface area contributed by atoms with Crippen LogP contribution in [0, 0.1) is 6.92 Å². The minimum absolute atomic E-state index is 0.449. The highest BCUT2D eigenvalue weighted by atomic mass is 35.5. The van der Waals surface area contributed by atoms with Crippen LogP contribution in [-0.2, 0) is 0 Å². The maximum atomic E-state index is 6.09. The van der Waals surface area contributed by atoms with Gasteiger partial charge in [0, 0.05) is 6.54 Å². The van der Waals surface area contributed by atoms with E-state index in [4.69, 9.17) is 23.2 Å². The second-order valence-corrected chi connectivity index (χ2v) is 6.07. The summed E-state index contributed by atoms with van der Waals surface area (Å²) in [6.07, 6.45) is 10.6. The fraction of sp³-hybridized carbons (Fsp3) is 0.688. The van der Waals surface area contributed by atoms with Gasteiger partial charge >= 0.3 is 0 Å². The molecule has 4 heteroatoms. The van der Waals surface area contributed by atoms with Crippen LogP contribution in [0.4, 0.5) is 5.69 Å². The Morgan fingerprint density at radius 3 is 2.20 bits per heavy atom. The Bertz CT molecular complexity index is 371. The summed E-state index contributed by atoms with van der Waals surface area (Å²) in [6.45, 7) is 5.19. The summed E-state index contributed by atoms with van der Waals surface area (Å²) < 4.78 is 0. The molecule has 0 bridgehead atoms. The minimum atomic E-state index is 0.449. The van der Waals surface area contributed by atoms with Gasteiger partial charge in [-0.05, 0) is 25.0 Å². The third kappa shape index (κ3) is 6.81. The number of anilines is 1. The maximum absolute atomic E-state index is 6.09. The number of halogens is 2. The molecule has 0 aliphatic heterocycles. The quantitative estimate of drug-likeness (QED) is 0.407. The first-order chi connectivity index (χ1) is 9.65. The van der Waals surface area contributed by atoms with Crippen molar-refractivity contribution in [3.05, 3.63) is 21.9 Å². The monoisotopic (exact) mass is 316 g/mol. The number of aryl methyl sites for hydroxylation is 1. The van der Waals surface area contributed by atoms with E-state index >= 15 is 0 Å². The van der Waals surface area contributed by atoms with Crippen molar-refractivity contribution in [2.75, 3.05) is 11.9 Å². The van der Waals surface area contributed by atoms with Gasteiger partial charge in [-0.25, -0.2) is 4.98 Å². The predicted octanol–water partition coefficient (Wildman–Crippen LogP) is 6.25. The third-order valence-corrected chi connectivity index (χ3v) is 3.94. The molecule has 0 fully saturated rings. The molecule has 0 atom stereocenters. The van der Waals surface area contributed by atoms with E-state index < -0.39 is 0 Å². The molecule has 114 valence electrons. The van der Waals surface area contributed by atoms with Crippen molar-refractivity contribution >= 4 is 28.9 Å². The van der Waals surface area contributed by atoms with E-state index in [0.717, 1.165) is 17.8 Å². The van der Waals surface area contributed by atoms with Gasteiger partial charge in [0.2, 0.25) is 0 Å². The number of unbranched alkanes of at least 4 members (excludes halogenated alkanes) is 7. The molecule has 0 spiro atoms. The van der Waals surface area contributed by atoms with Crippen molar-refractivity contribution in [2.24, 2.45) is 0 Å². The number of aromatic nitrogens is 1. The van der Waals surface area contributed by atoms with Crippen molar-refractivity contribution in [2.45, 2.75) is 65.2 Å². The lowest BCUT2D eigenvalue weighted by atomic mass is 10.1. The van der Waals surface area contributed by atoms with Crippen molar-refractivity contribution < 1.29 is 0 Å². The molecule has 0 radical (unpaired) electrons. The van der Waals surface area contributed by atoms with Gasteiger partial charge in [-0.1, -0.05) is 75.1 Å². The van der Waals surface area contributed by atoms with E-state index in [2.05, 4.69) is 17.2 Å². The Balaban J connectivity index is 2.13. The summed E-state index contributed by atoms with van der Waals surface area (Å²) in [6, 6.07) is 1.84. The Labute approximate surface area is 133 Å². The molecule has 0 aliphatic carbocycles. The molecule has 0 aliphatic rings. The predicted molar refractivity (Wildman–Crippen MR) is 90.1 cm³/mol. The standard InChI is InChI=1S/C16H26Cl2N2/c1-3-4-5-6-7-8-9-10-11-19-15-13(2)12-14(17)20-16(15)18/h12,19H,3-11H2,1-2H3. The molecule has 2 nitrogen and oxygen atoms in total. The largest absolute Gasteiger partial charge is 0.382 e. The second kappa shape index (κ2) is 10.3. The van der Waals surface area contributed by atoms with E-state index in [0.29, 0.717) is 10.3 Å². The molecule has 0 saturated carbocycles. The van der Waals surface area contributed by atoms with E-state index in [-0.39, 0.29) is 0 Å². The topological polar surface area (TPSA) is 24.9 Å². The number of rotatable bonds is 10. The smallest absolute Gasteiger partial charge is 0.154 e. The van der Waals surface area contributed by atoms with Gasteiger partial charge in [-0.3, -0.25) is 0 Å². The lowest BCUT2D eigenvalue weighted by Gasteiger charge is -2.11. The van der Waals surface area contributed by atoms with Crippen LogP contribution in [-0.4, -0.2) is 11.5 Å². The van der Waals surface area contributed by atoms with Gasteiger partial charge in [-0.2, -0.15) is 0 Å². The molecule has 0 unspecified atom stereocenters. The Hall–Kier alpha value is -0.470. The van der Waals surface area contributed by atoms with Gasteiger partial charge in [-0.15, -0.1) is 0 Å². The average Bonchev–Trinajstić information content (AvgIpc) is 2.39. The lowest BCUT2D eigenvalue weighted by Crippen LogP contribution is -2.04. The Kier molecular flexibility index (Phi) is 9.04. The summed E-state index contributed by atoms with van der Waals surface area (Å²) >= 11 is 11.9. The van der Waals surface area contributed by atoms with Crippen molar-refractivity contribution in [3.8, 4) is 0 Å². The van der Waals surface area contributed by atoms with Crippen LogP contribution in [0.3, 0.4) is 0 Å². The summed E-state index contributed by atoms with van der Waals surface area (Å²) in [4.78, 5) is 4.06. The summed E-state index contributed by atoms with van der Waals surface area (Å²) in [5, 5.41) is 4.28. The normalized spacial score (nSPS) is 10.8. The van der Waals surface area contributed by atoms with Gasteiger partial charge < -0.3 is 5.32 Å². The van der Waals surface area contributed by atoms with Gasteiger partial charge in [0.1, 0.15) is 5.15 Å². The number of hydrogen-bond donors (Lipinski definition) is 1.